The van der Waals surface area contributed by atoms with Crippen molar-refractivity contribution in [1.29, 1.82) is 0 Å². The first kappa shape index (κ1) is 19.8. The van der Waals surface area contributed by atoms with Crippen LogP contribution in [-0.2, 0) is 6.18 Å². The maximum Gasteiger partial charge on any atom is 0.416 e. The van der Waals surface area contributed by atoms with E-state index in [0.29, 0.717) is 34.3 Å². The van der Waals surface area contributed by atoms with Gasteiger partial charge in [-0.2, -0.15) is 13.2 Å². The standard InChI is InChI=1S/C19H17Cl2F3N2O/c20-14-7-8-16(15(21)11-14)25-18(27)26-9-2-1-6-17(26)12-4-3-5-13(10-12)19(22,23)24/h3-5,7-8,10-11,17H,1-2,6,9H2,(H,25,27). The van der Waals surface area contributed by atoms with Crippen LogP contribution in [0.5, 0.6) is 0 Å². The van der Waals surface area contributed by atoms with E-state index in [1.165, 1.54) is 12.1 Å². The topological polar surface area (TPSA) is 32.3 Å². The van der Waals surface area contributed by atoms with Gasteiger partial charge in [-0.1, -0.05) is 35.3 Å². The number of urea groups is 1. The summed E-state index contributed by atoms with van der Waals surface area (Å²) in [5.41, 5.74) is 0.160. The molecule has 1 unspecified atom stereocenters. The highest BCUT2D eigenvalue weighted by atomic mass is 35.5. The summed E-state index contributed by atoms with van der Waals surface area (Å²) in [5, 5.41) is 3.46. The van der Waals surface area contributed by atoms with Gasteiger partial charge < -0.3 is 10.2 Å². The smallest absolute Gasteiger partial charge is 0.317 e. The van der Waals surface area contributed by atoms with E-state index in [2.05, 4.69) is 5.32 Å². The van der Waals surface area contributed by atoms with Gasteiger partial charge in [-0.05, 0) is 55.2 Å². The van der Waals surface area contributed by atoms with Crippen molar-refractivity contribution in [3.05, 3.63) is 63.6 Å². The molecule has 0 radical (unpaired) electrons. The summed E-state index contributed by atoms with van der Waals surface area (Å²) >= 11 is 12.0. The van der Waals surface area contributed by atoms with Crippen molar-refractivity contribution in [2.75, 3.05) is 11.9 Å². The average Bonchev–Trinajstić information content (AvgIpc) is 2.63. The highest BCUT2D eigenvalue weighted by Crippen LogP contribution is 2.36. The Morgan fingerprint density at radius 1 is 1.11 bits per heavy atom. The molecule has 0 aliphatic carbocycles. The molecule has 0 aromatic heterocycles. The third-order valence-corrected chi connectivity index (χ3v) is 5.08. The molecule has 0 saturated carbocycles. The van der Waals surface area contributed by atoms with E-state index in [-0.39, 0.29) is 0 Å². The number of carbonyl (C=O) groups excluding carboxylic acids is 1. The number of hydrogen-bond acceptors (Lipinski definition) is 1. The third-order valence-electron chi connectivity index (χ3n) is 4.54. The predicted octanol–water partition coefficient (Wildman–Crippen LogP) is 6.77. The Kier molecular flexibility index (Phi) is 5.86. The maximum atomic E-state index is 13.0. The molecule has 1 aliphatic rings. The molecule has 1 atom stereocenters. The van der Waals surface area contributed by atoms with Crippen LogP contribution in [0.15, 0.2) is 42.5 Å². The number of alkyl halides is 3. The Balaban J connectivity index is 1.84. The lowest BCUT2D eigenvalue weighted by atomic mass is 9.94. The van der Waals surface area contributed by atoms with E-state index < -0.39 is 23.8 Å². The quantitative estimate of drug-likeness (QED) is 0.575. The van der Waals surface area contributed by atoms with E-state index >= 15 is 0 Å². The van der Waals surface area contributed by atoms with Crippen LogP contribution in [0.2, 0.25) is 10.0 Å². The van der Waals surface area contributed by atoms with Crippen molar-refractivity contribution in [2.45, 2.75) is 31.5 Å². The first-order valence-corrected chi connectivity index (χ1v) is 9.21. The summed E-state index contributed by atoms with van der Waals surface area (Å²) in [6.45, 7) is 0.456. The third kappa shape index (κ3) is 4.68. The van der Waals surface area contributed by atoms with Crippen molar-refractivity contribution in [1.82, 2.24) is 4.90 Å². The second-order valence-corrected chi connectivity index (χ2v) is 7.23. The van der Waals surface area contributed by atoms with Gasteiger partial charge in [0, 0.05) is 11.6 Å². The molecule has 3 nitrogen and oxygen atoms in total. The zero-order valence-corrected chi connectivity index (χ0v) is 15.7. The van der Waals surface area contributed by atoms with E-state index in [9.17, 15) is 18.0 Å². The number of halogens is 5. The molecular weight excluding hydrogens is 400 g/mol. The van der Waals surface area contributed by atoms with Gasteiger partial charge in [-0.15, -0.1) is 0 Å². The van der Waals surface area contributed by atoms with Crippen LogP contribution in [0.1, 0.15) is 36.4 Å². The molecule has 2 aromatic rings. The molecule has 1 N–H and O–H groups in total. The molecule has 0 bridgehead atoms. The molecule has 0 spiro atoms. The van der Waals surface area contributed by atoms with Crippen LogP contribution in [0.4, 0.5) is 23.7 Å². The Morgan fingerprint density at radius 2 is 1.89 bits per heavy atom. The van der Waals surface area contributed by atoms with Gasteiger partial charge in [0.15, 0.2) is 0 Å². The molecular formula is C19H17Cl2F3N2O. The zero-order chi connectivity index (χ0) is 19.6. The SMILES string of the molecule is O=C(Nc1ccc(Cl)cc1Cl)N1CCCCC1c1cccc(C(F)(F)F)c1. The Hall–Kier alpha value is -1.92. The number of rotatable bonds is 2. The number of nitrogens with zero attached hydrogens (tertiary/aromatic N) is 1. The van der Waals surface area contributed by atoms with E-state index in [1.807, 2.05) is 0 Å². The minimum absolute atomic E-state index is 0.295. The normalized spacial score (nSPS) is 17.7. The van der Waals surface area contributed by atoms with Gasteiger partial charge in [-0.3, -0.25) is 0 Å². The minimum Gasteiger partial charge on any atom is -0.317 e. The lowest BCUT2D eigenvalue weighted by Gasteiger charge is -2.36. The molecule has 3 rings (SSSR count). The van der Waals surface area contributed by atoms with Crippen LogP contribution >= 0.6 is 23.2 Å². The van der Waals surface area contributed by atoms with Crippen molar-refractivity contribution < 1.29 is 18.0 Å². The fourth-order valence-corrected chi connectivity index (χ4v) is 3.68. The zero-order valence-electron chi connectivity index (χ0n) is 14.2. The van der Waals surface area contributed by atoms with Gasteiger partial charge >= 0.3 is 12.2 Å². The number of anilines is 1. The highest BCUT2D eigenvalue weighted by molar-refractivity contribution is 6.36. The molecule has 2 aromatic carbocycles. The fourth-order valence-electron chi connectivity index (χ4n) is 3.22. The van der Waals surface area contributed by atoms with Gasteiger partial charge in [0.25, 0.3) is 0 Å². The van der Waals surface area contributed by atoms with E-state index in [0.717, 1.165) is 25.0 Å². The highest BCUT2D eigenvalue weighted by Gasteiger charge is 2.33. The predicted molar refractivity (Wildman–Crippen MR) is 100 cm³/mol. The van der Waals surface area contributed by atoms with Crippen LogP contribution in [0.25, 0.3) is 0 Å². The van der Waals surface area contributed by atoms with Crippen molar-refractivity contribution in [3.8, 4) is 0 Å². The summed E-state index contributed by atoms with van der Waals surface area (Å²) in [6.07, 6.45) is -2.19. The van der Waals surface area contributed by atoms with E-state index in [1.54, 1.807) is 23.1 Å². The lowest BCUT2D eigenvalue weighted by molar-refractivity contribution is -0.137. The molecule has 1 aliphatic heterocycles. The number of nitrogens with one attached hydrogen (secondary N) is 1. The molecule has 144 valence electrons. The second kappa shape index (κ2) is 7.98. The second-order valence-electron chi connectivity index (χ2n) is 6.38. The largest absolute Gasteiger partial charge is 0.416 e. The lowest BCUT2D eigenvalue weighted by Crippen LogP contribution is -2.41. The minimum atomic E-state index is -4.42. The Bertz CT molecular complexity index is 842. The number of likely N-dealkylation sites (tertiary alicyclic amines) is 1. The summed E-state index contributed by atoms with van der Waals surface area (Å²) in [6, 6.07) is 9.03. The number of hydrogen-bond donors (Lipinski definition) is 1. The summed E-state index contributed by atoms with van der Waals surface area (Å²) < 4.78 is 39.1. The van der Waals surface area contributed by atoms with Crippen molar-refractivity contribution in [3.63, 3.8) is 0 Å². The molecule has 1 fully saturated rings. The van der Waals surface area contributed by atoms with Crippen molar-refractivity contribution >= 4 is 34.9 Å². The van der Waals surface area contributed by atoms with Crippen LogP contribution < -0.4 is 5.32 Å². The average molecular weight is 417 g/mol. The monoisotopic (exact) mass is 416 g/mol. The van der Waals surface area contributed by atoms with E-state index in [4.69, 9.17) is 23.2 Å². The molecule has 1 heterocycles. The number of piperidine rings is 1. The van der Waals surface area contributed by atoms with Gasteiger partial charge in [0.2, 0.25) is 0 Å². The Labute approximate surface area is 165 Å². The van der Waals surface area contributed by atoms with Crippen LogP contribution in [-0.4, -0.2) is 17.5 Å². The molecule has 1 saturated heterocycles. The van der Waals surface area contributed by atoms with Gasteiger partial charge in [0.05, 0.1) is 22.3 Å². The van der Waals surface area contributed by atoms with Crippen molar-refractivity contribution in [2.24, 2.45) is 0 Å². The summed E-state index contributed by atoms with van der Waals surface area (Å²) in [7, 11) is 0. The molecule has 8 heteroatoms. The number of benzene rings is 2. The molecule has 27 heavy (non-hydrogen) atoms. The Morgan fingerprint density at radius 3 is 2.59 bits per heavy atom. The first-order chi connectivity index (χ1) is 12.8. The van der Waals surface area contributed by atoms with Gasteiger partial charge in [0.1, 0.15) is 0 Å². The number of amides is 2. The fraction of sp³-hybridized carbons (Fsp3) is 0.316. The molecule has 2 amide bonds. The van der Waals surface area contributed by atoms with Crippen LogP contribution in [0, 0.1) is 0 Å². The summed E-state index contributed by atoms with van der Waals surface area (Å²) in [4.78, 5) is 14.3. The van der Waals surface area contributed by atoms with Crippen LogP contribution in [0.3, 0.4) is 0 Å². The number of carbonyl (C=O) groups is 1. The maximum absolute atomic E-state index is 13.0. The first-order valence-electron chi connectivity index (χ1n) is 8.45. The van der Waals surface area contributed by atoms with Gasteiger partial charge in [-0.25, -0.2) is 4.79 Å². The summed E-state index contributed by atoms with van der Waals surface area (Å²) in [5.74, 6) is 0.